The Kier molecular flexibility index (Phi) is 12.5. The molecule has 0 atom stereocenters. The maximum atomic E-state index is 12.1. The molecule has 1 amide bonds. The molecule has 5 nitrogen and oxygen atoms in total. The molecule has 0 aliphatic rings. The number of unbranched alkanes of at least 4 members (excludes halogenated alkanes) is 2. The highest BCUT2D eigenvalue weighted by molar-refractivity contribution is 5.91. The molecule has 0 heterocycles. The van der Waals surface area contributed by atoms with Crippen LogP contribution in [0.15, 0.2) is 48.5 Å². The van der Waals surface area contributed by atoms with Gasteiger partial charge in [-0.25, -0.2) is 0 Å². The second-order valence-corrected chi connectivity index (χ2v) is 8.43. The molecule has 2 aromatic carbocycles. The van der Waals surface area contributed by atoms with Gasteiger partial charge >= 0.3 is 0 Å². The van der Waals surface area contributed by atoms with Crippen LogP contribution in [-0.2, 0) is 11.3 Å². The number of carbonyl (C=O) groups excluding carboxylic acids is 1. The summed E-state index contributed by atoms with van der Waals surface area (Å²) in [7, 11) is 0. The van der Waals surface area contributed by atoms with Gasteiger partial charge in [0.2, 0.25) is 0 Å². The monoisotopic (exact) mass is 439 g/mol. The van der Waals surface area contributed by atoms with Crippen LogP contribution in [0, 0.1) is 6.92 Å². The van der Waals surface area contributed by atoms with Gasteiger partial charge in [-0.1, -0.05) is 56.5 Å². The van der Waals surface area contributed by atoms with Crippen LogP contribution >= 0.6 is 0 Å². The zero-order valence-electron chi connectivity index (χ0n) is 20.2. The first-order chi connectivity index (χ1) is 15.6. The molecular weight excluding hydrogens is 398 g/mol. The smallest absolute Gasteiger partial charge is 0.262 e. The van der Waals surface area contributed by atoms with Crippen molar-refractivity contribution in [3.8, 4) is 5.75 Å². The second-order valence-electron chi connectivity index (χ2n) is 8.43. The zero-order chi connectivity index (χ0) is 23.0. The molecule has 0 aromatic heterocycles. The topological polar surface area (TPSA) is 53.6 Å². The summed E-state index contributed by atoms with van der Waals surface area (Å²) in [6.45, 7) is 11.9. The van der Waals surface area contributed by atoms with Crippen molar-refractivity contribution in [3.05, 3.63) is 59.7 Å². The van der Waals surface area contributed by atoms with Gasteiger partial charge in [-0.2, -0.15) is 0 Å². The number of rotatable bonds is 16. The fourth-order valence-electron chi connectivity index (χ4n) is 3.49. The molecule has 2 N–H and O–H groups in total. The van der Waals surface area contributed by atoms with Crippen molar-refractivity contribution in [3.63, 3.8) is 0 Å². The highest BCUT2D eigenvalue weighted by Crippen LogP contribution is 2.14. The lowest BCUT2D eigenvalue weighted by molar-refractivity contribution is -0.118. The number of anilines is 1. The van der Waals surface area contributed by atoms with Gasteiger partial charge in [-0.05, 0) is 82.2 Å². The SMILES string of the molecule is CCCCN(CCCC)CCCNCc1cccc(OCC(=O)Nc2ccc(C)cc2)c1. The van der Waals surface area contributed by atoms with Crippen LogP contribution in [0.5, 0.6) is 5.75 Å². The van der Waals surface area contributed by atoms with Crippen LogP contribution < -0.4 is 15.4 Å². The summed E-state index contributed by atoms with van der Waals surface area (Å²) in [5, 5.41) is 6.39. The van der Waals surface area contributed by atoms with E-state index in [1.807, 2.05) is 49.4 Å². The van der Waals surface area contributed by atoms with Gasteiger partial charge in [0.05, 0.1) is 0 Å². The maximum absolute atomic E-state index is 12.1. The Morgan fingerprint density at radius 1 is 0.938 bits per heavy atom. The number of hydrogen-bond donors (Lipinski definition) is 2. The summed E-state index contributed by atoms with van der Waals surface area (Å²) in [4.78, 5) is 14.7. The average molecular weight is 440 g/mol. The summed E-state index contributed by atoms with van der Waals surface area (Å²) in [5.41, 5.74) is 3.11. The van der Waals surface area contributed by atoms with Crippen LogP contribution in [0.1, 0.15) is 57.1 Å². The van der Waals surface area contributed by atoms with E-state index in [9.17, 15) is 4.79 Å². The third kappa shape index (κ3) is 10.8. The van der Waals surface area contributed by atoms with E-state index in [-0.39, 0.29) is 12.5 Å². The van der Waals surface area contributed by atoms with Crippen molar-refractivity contribution in [2.75, 3.05) is 38.1 Å². The molecule has 0 saturated carbocycles. The third-order valence-electron chi connectivity index (χ3n) is 5.42. The van der Waals surface area contributed by atoms with Gasteiger partial charge in [0.15, 0.2) is 6.61 Å². The summed E-state index contributed by atoms with van der Waals surface area (Å²) >= 11 is 0. The van der Waals surface area contributed by atoms with E-state index in [1.165, 1.54) is 38.8 Å². The number of aryl methyl sites for hydroxylation is 1. The molecule has 32 heavy (non-hydrogen) atoms. The Morgan fingerprint density at radius 3 is 2.31 bits per heavy atom. The number of benzene rings is 2. The first-order valence-corrected chi connectivity index (χ1v) is 12.1. The van der Waals surface area contributed by atoms with Gasteiger partial charge in [0, 0.05) is 12.2 Å². The Labute approximate surface area is 194 Å². The molecule has 176 valence electrons. The van der Waals surface area contributed by atoms with E-state index in [0.717, 1.165) is 42.9 Å². The molecule has 0 aliphatic carbocycles. The molecule has 0 radical (unpaired) electrons. The molecule has 0 spiro atoms. The van der Waals surface area contributed by atoms with Crippen LogP contribution in [-0.4, -0.2) is 43.6 Å². The molecule has 5 heteroatoms. The van der Waals surface area contributed by atoms with Crippen molar-refractivity contribution < 1.29 is 9.53 Å². The summed E-state index contributed by atoms with van der Waals surface area (Å²) in [6, 6.07) is 15.7. The normalized spacial score (nSPS) is 11.0. The summed E-state index contributed by atoms with van der Waals surface area (Å²) in [5.74, 6) is 0.557. The fourth-order valence-corrected chi connectivity index (χ4v) is 3.49. The second kappa shape index (κ2) is 15.4. The highest BCUT2D eigenvalue weighted by Gasteiger charge is 2.06. The Morgan fingerprint density at radius 2 is 1.62 bits per heavy atom. The molecule has 0 aliphatic heterocycles. The van der Waals surface area contributed by atoms with Gasteiger partial charge in [-0.3, -0.25) is 4.79 Å². The minimum Gasteiger partial charge on any atom is -0.484 e. The predicted octanol–water partition coefficient (Wildman–Crippen LogP) is 5.39. The molecular formula is C27H41N3O2. The minimum atomic E-state index is -0.159. The molecule has 2 aromatic rings. The molecule has 2 rings (SSSR count). The van der Waals surface area contributed by atoms with Crippen molar-refractivity contribution in [2.24, 2.45) is 0 Å². The van der Waals surface area contributed by atoms with E-state index in [4.69, 9.17) is 4.74 Å². The number of carbonyl (C=O) groups is 1. The lowest BCUT2D eigenvalue weighted by Crippen LogP contribution is -2.29. The maximum Gasteiger partial charge on any atom is 0.262 e. The van der Waals surface area contributed by atoms with E-state index >= 15 is 0 Å². The van der Waals surface area contributed by atoms with Crippen molar-refractivity contribution in [1.82, 2.24) is 10.2 Å². The lowest BCUT2D eigenvalue weighted by Gasteiger charge is -2.22. The van der Waals surface area contributed by atoms with E-state index in [2.05, 4.69) is 35.4 Å². The van der Waals surface area contributed by atoms with E-state index in [1.54, 1.807) is 0 Å². The van der Waals surface area contributed by atoms with Crippen molar-refractivity contribution in [2.45, 2.75) is 59.4 Å². The van der Waals surface area contributed by atoms with Crippen molar-refractivity contribution in [1.29, 1.82) is 0 Å². The minimum absolute atomic E-state index is 0.00386. The highest BCUT2D eigenvalue weighted by atomic mass is 16.5. The first-order valence-electron chi connectivity index (χ1n) is 12.1. The Hall–Kier alpha value is -2.37. The summed E-state index contributed by atoms with van der Waals surface area (Å²) < 4.78 is 5.69. The van der Waals surface area contributed by atoms with Crippen LogP contribution in [0.3, 0.4) is 0 Å². The Balaban J connectivity index is 1.67. The van der Waals surface area contributed by atoms with Crippen LogP contribution in [0.4, 0.5) is 5.69 Å². The molecule has 0 saturated heterocycles. The third-order valence-corrected chi connectivity index (χ3v) is 5.42. The standard InChI is InChI=1S/C27H41N3O2/c1-4-6-17-30(18-7-5-2)19-9-16-28-21-24-10-8-11-26(20-24)32-22-27(31)29-25-14-12-23(3)13-15-25/h8,10-15,20,28H,4-7,9,16-19,21-22H2,1-3H3,(H,29,31). The summed E-state index contributed by atoms with van der Waals surface area (Å²) in [6.07, 6.45) is 6.24. The molecule has 0 bridgehead atoms. The fraction of sp³-hybridized carbons (Fsp3) is 0.519. The zero-order valence-corrected chi connectivity index (χ0v) is 20.2. The van der Waals surface area contributed by atoms with E-state index in [0.29, 0.717) is 5.75 Å². The van der Waals surface area contributed by atoms with Gasteiger partial charge in [0.25, 0.3) is 5.91 Å². The first kappa shape index (κ1) is 25.9. The largest absolute Gasteiger partial charge is 0.484 e. The van der Waals surface area contributed by atoms with Crippen LogP contribution in [0.2, 0.25) is 0 Å². The Bertz CT molecular complexity index is 769. The van der Waals surface area contributed by atoms with Crippen LogP contribution in [0.25, 0.3) is 0 Å². The average Bonchev–Trinajstić information content (AvgIpc) is 2.80. The number of hydrogen-bond acceptors (Lipinski definition) is 4. The number of nitrogens with one attached hydrogen (secondary N) is 2. The molecule has 0 fully saturated rings. The number of ether oxygens (including phenoxy) is 1. The number of amides is 1. The van der Waals surface area contributed by atoms with Crippen molar-refractivity contribution >= 4 is 11.6 Å². The molecule has 0 unspecified atom stereocenters. The van der Waals surface area contributed by atoms with Gasteiger partial charge in [-0.15, -0.1) is 0 Å². The number of nitrogens with zero attached hydrogens (tertiary/aromatic N) is 1. The van der Waals surface area contributed by atoms with Gasteiger partial charge < -0.3 is 20.3 Å². The predicted molar refractivity (Wildman–Crippen MR) is 134 cm³/mol. The van der Waals surface area contributed by atoms with E-state index < -0.39 is 0 Å². The van der Waals surface area contributed by atoms with Gasteiger partial charge in [0.1, 0.15) is 5.75 Å². The lowest BCUT2D eigenvalue weighted by atomic mass is 10.2. The quantitative estimate of drug-likeness (QED) is 0.344.